The van der Waals surface area contributed by atoms with Crippen LogP contribution in [0.1, 0.15) is 31.4 Å². The molecular formula is C16H22N4O. The van der Waals surface area contributed by atoms with Gasteiger partial charge in [-0.25, -0.2) is 0 Å². The summed E-state index contributed by atoms with van der Waals surface area (Å²) in [5.74, 6) is -0.368. The van der Waals surface area contributed by atoms with Crippen molar-refractivity contribution in [3.05, 3.63) is 29.3 Å². The molecule has 0 aromatic heterocycles. The van der Waals surface area contributed by atoms with Crippen molar-refractivity contribution in [1.82, 2.24) is 5.32 Å². The van der Waals surface area contributed by atoms with Crippen molar-refractivity contribution in [2.45, 2.75) is 32.9 Å². The van der Waals surface area contributed by atoms with Crippen molar-refractivity contribution in [2.75, 3.05) is 18.0 Å². The Kier molecular flexibility index (Phi) is 4.81. The molecule has 1 amide bonds. The fourth-order valence-corrected chi connectivity index (χ4v) is 2.59. The smallest absolute Gasteiger partial charge is 0.222 e. The minimum Gasteiger partial charge on any atom is -0.370 e. The number of nitrogens with one attached hydrogen (secondary N) is 1. The highest BCUT2D eigenvalue weighted by Gasteiger charge is 2.27. The summed E-state index contributed by atoms with van der Waals surface area (Å²) in [6, 6.07) is 8.59. The number of carbonyl (C=O) groups excluding carboxylic acids is 1. The number of primary amides is 1. The van der Waals surface area contributed by atoms with Crippen LogP contribution in [0.5, 0.6) is 0 Å². The zero-order valence-electron chi connectivity index (χ0n) is 12.6. The van der Waals surface area contributed by atoms with E-state index in [1.54, 1.807) is 0 Å². The molecule has 1 unspecified atom stereocenters. The third-order valence-corrected chi connectivity index (χ3v) is 3.83. The second kappa shape index (κ2) is 6.59. The number of rotatable bonds is 5. The molecule has 1 aliphatic heterocycles. The van der Waals surface area contributed by atoms with Gasteiger partial charge in [-0.1, -0.05) is 19.9 Å². The fraction of sp³-hybridized carbons (Fsp3) is 0.500. The normalized spacial score (nSPS) is 18.0. The van der Waals surface area contributed by atoms with E-state index in [4.69, 9.17) is 5.73 Å². The van der Waals surface area contributed by atoms with E-state index < -0.39 is 0 Å². The van der Waals surface area contributed by atoms with Crippen molar-refractivity contribution in [2.24, 2.45) is 11.7 Å². The van der Waals surface area contributed by atoms with Crippen LogP contribution in [0, 0.1) is 17.2 Å². The Morgan fingerprint density at radius 3 is 2.90 bits per heavy atom. The first kappa shape index (κ1) is 15.3. The topological polar surface area (TPSA) is 82.2 Å². The summed E-state index contributed by atoms with van der Waals surface area (Å²) in [4.78, 5) is 13.3. The van der Waals surface area contributed by atoms with E-state index in [0.717, 1.165) is 30.8 Å². The van der Waals surface area contributed by atoms with Crippen molar-refractivity contribution in [1.29, 1.82) is 5.26 Å². The second-order valence-corrected chi connectivity index (χ2v) is 5.83. The average Bonchev–Trinajstić information content (AvgIpc) is 2.94. The summed E-state index contributed by atoms with van der Waals surface area (Å²) >= 11 is 0. The number of hydrogen-bond donors (Lipinski definition) is 2. The lowest BCUT2D eigenvalue weighted by molar-refractivity contribution is -0.121. The minimum absolute atomic E-state index is 0.112. The summed E-state index contributed by atoms with van der Waals surface area (Å²) in [6.45, 7) is 6.30. The van der Waals surface area contributed by atoms with Gasteiger partial charge < -0.3 is 16.0 Å². The van der Waals surface area contributed by atoms with Crippen LogP contribution in [-0.2, 0) is 11.3 Å². The molecule has 21 heavy (non-hydrogen) atoms. The molecule has 1 aromatic rings. The van der Waals surface area contributed by atoms with Crippen LogP contribution >= 0.6 is 0 Å². The molecule has 3 N–H and O–H groups in total. The van der Waals surface area contributed by atoms with Gasteiger partial charge in [0.05, 0.1) is 17.2 Å². The SMILES string of the molecule is CC(C)NCc1ccc(N2CCC(C(N)=O)C2)c(C#N)c1. The fourth-order valence-electron chi connectivity index (χ4n) is 2.59. The van der Waals surface area contributed by atoms with E-state index in [-0.39, 0.29) is 11.8 Å². The Hall–Kier alpha value is -2.06. The molecule has 1 heterocycles. The van der Waals surface area contributed by atoms with E-state index in [0.29, 0.717) is 18.2 Å². The predicted octanol–water partition coefficient (Wildman–Crippen LogP) is 1.37. The number of hydrogen-bond acceptors (Lipinski definition) is 4. The zero-order valence-corrected chi connectivity index (χ0v) is 12.6. The number of nitriles is 1. The molecule has 1 aromatic carbocycles. The van der Waals surface area contributed by atoms with E-state index in [1.807, 2.05) is 18.2 Å². The van der Waals surface area contributed by atoms with Crippen LogP contribution in [0.15, 0.2) is 18.2 Å². The van der Waals surface area contributed by atoms with E-state index >= 15 is 0 Å². The Bertz CT molecular complexity index is 562. The molecule has 112 valence electrons. The zero-order chi connectivity index (χ0) is 15.4. The van der Waals surface area contributed by atoms with E-state index in [1.165, 1.54) is 0 Å². The highest BCUT2D eigenvalue weighted by atomic mass is 16.1. The second-order valence-electron chi connectivity index (χ2n) is 5.83. The van der Waals surface area contributed by atoms with E-state index in [2.05, 4.69) is 30.1 Å². The summed E-state index contributed by atoms with van der Waals surface area (Å²) in [7, 11) is 0. The van der Waals surface area contributed by atoms with Crippen LogP contribution in [0.2, 0.25) is 0 Å². The van der Waals surface area contributed by atoms with Gasteiger partial charge in [0.1, 0.15) is 6.07 Å². The van der Waals surface area contributed by atoms with Crippen LogP contribution in [0.3, 0.4) is 0 Å². The molecule has 0 aliphatic carbocycles. The van der Waals surface area contributed by atoms with Crippen LogP contribution < -0.4 is 16.0 Å². The van der Waals surface area contributed by atoms with Crippen molar-refractivity contribution in [3.63, 3.8) is 0 Å². The van der Waals surface area contributed by atoms with Gasteiger partial charge in [0, 0.05) is 25.7 Å². The van der Waals surface area contributed by atoms with Crippen LogP contribution in [-0.4, -0.2) is 25.0 Å². The van der Waals surface area contributed by atoms with Gasteiger partial charge in [-0.2, -0.15) is 5.26 Å². The summed E-state index contributed by atoms with van der Waals surface area (Å²) in [5.41, 5.74) is 8.01. The third-order valence-electron chi connectivity index (χ3n) is 3.83. The number of nitrogens with zero attached hydrogens (tertiary/aromatic N) is 2. The molecule has 1 aliphatic rings. The lowest BCUT2D eigenvalue weighted by Crippen LogP contribution is -2.27. The van der Waals surface area contributed by atoms with Gasteiger partial charge >= 0.3 is 0 Å². The maximum Gasteiger partial charge on any atom is 0.222 e. The molecular weight excluding hydrogens is 264 g/mol. The predicted molar refractivity (Wildman–Crippen MR) is 82.6 cm³/mol. The molecule has 1 atom stereocenters. The number of benzene rings is 1. The molecule has 0 radical (unpaired) electrons. The Labute approximate surface area is 125 Å². The van der Waals surface area contributed by atoms with E-state index in [9.17, 15) is 10.1 Å². The Balaban J connectivity index is 2.14. The van der Waals surface area contributed by atoms with Gasteiger partial charge in [0.25, 0.3) is 0 Å². The maximum atomic E-state index is 11.3. The number of anilines is 1. The van der Waals surface area contributed by atoms with Gasteiger partial charge in [0.15, 0.2) is 0 Å². The number of amides is 1. The highest BCUT2D eigenvalue weighted by Crippen LogP contribution is 2.27. The van der Waals surface area contributed by atoms with Crippen molar-refractivity contribution < 1.29 is 4.79 Å². The standard InChI is InChI=1S/C16H22N4O/c1-11(2)19-9-12-3-4-15(14(7-12)8-17)20-6-5-13(10-20)16(18)21/h3-4,7,11,13,19H,5-6,9-10H2,1-2H3,(H2,18,21). The Morgan fingerprint density at radius 1 is 1.57 bits per heavy atom. The van der Waals surface area contributed by atoms with Gasteiger partial charge in [-0.3, -0.25) is 4.79 Å². The van der Waals surface area contributed by atoms with Gasteiger partial charge in [-0.05, 0) is 24.1 Å². The lowest BCUT2D eigenvalue weighted by atomic mass is 10.1. The molecule has 5 heteroatoms. The largest absolute Gasteiger partial charge is 0.370 e. The first-order valence-electron chi connectivity index (χ1n) is 7.32. The first-order chi connectivity index (χ1) is 10.0. The molecule has 2 rings (SSSR count). The third kappa shape index (κ3) is 3.73. The summed E-state index contributed by atoms with van der Waals surface area (Å²) in [6.07, 6.45) is 0.761. The number of nitrogens with two attached hydrogens (primary N) is 1. The first-order valence-corrected chi connectivity index (χ1v) is 7.32. The average molecular weight is 286 g/mol. The molecule has 0 saturated carbocycles. The Morgan fingerprint density at radius 2 is 2.33 bits per heavy atom. The lowest BCUT2D eigenvalue weighted by Gasteiger charge is -2.20. The van der Waals surface area contributed by atoms with Gasteiger partial charge in [0.2, 0.25) is 5.91 Å². The molecule has 5 nitrogen and oxygen atoms in total. The summed E-state index contributed by atoms with van der Waals surface area (Å²) in [5, 5.41) is 12.7. The van der Waals surface area contributed by atoms with Crippen LogP contribution in [0.4, 0.5) is 5.69 Å². The highest BCUT2D eigenvalue weighted by molar-refractivity contribution is 5.78. The molecule has 1 saturated heterocycles. The maximum absolute atomic E-state index is 11.3. The van der Waals surface area contributed by atoms with Crippen molar-refractivity contribution >= 4 is 11.6 Å². The minimum atomic E-state index is -0.256. The molecule has 1 fully saturated rings. The van der Waals surface area contributed by atoms with Crippen LogP contribution in [0.25, 0.3) is 0 Å². The number of carbonyl (C=O) groups is 1. The summed E-state index contributed by atoms with van der Waals surface area (Å²) < 4.78 is 0. The monoisotopic (exact) mass is 286 g/mol. The molecule has 0 spiro atoms. The molecule has 0 bridgehead atoms. The van der Waals surface area contributed by atoms with Gasteiger partial charge in [-0.15, -0.1) is 0 Å². The quantitative estimate of drug-likeness (QED) is 0.856. The van der Waals surface area contributed by atoms with Crippen molar-refractivity contribution in [3.8, 4) is 6.07 Å².